The molecule has 0 atom stereocenters. The number of carbonyl (C=O) groups is 1. The number of anilines is 2. The number of nitrogens with one attached hydrogen (secondary N) is 1. The quantitative estimate of drug-likeness (QED) is 0.312. The molecule has 1 aromatic carbocycles. The van der Waals surface area contributed by atoms with Gasteiger partial charge >= 0.3 is 6.09 Å². The van der Waals surface area contributed by atoms with Gasteiger partial charge in [0.25, 0.3) is 0 Å². The van der Waals surface area contributed by atoms with Crippen molar-refractivity contribution in [2.45, 2.75) is 64.6 Å². The van der Waals surface area contributed by atoms with E-state index in [9.17, 15) is 15.2 Å². The lowest BCUT2D eigenvalue weighted by atomic mass is 9.94. The van der Waals surface area contributed by atoms with Crippen molar-refractivity contribution < 1.29 is 28.2 Å². The molecule has 11 nitrogen and oxygen atoms in total. The van der Waals surface area contributed by atoms with Crippen molar-refractivity contribution in [3.63, 3.8) is 0 Å². The molecule has 0 saturated carbocycles. The van der Waals surface area contributed by atoms with Gasteiger partial charge in [0.2, 0.25) is 5.95 Å². The van der Waals surface area contributed by atoms with Crippen LogP contribution < -0.4 is 10.2 Å². The van der Waals surface area contributed by atoms with E-state index >= 15 is 8.78 Å². The largest absolute Gasteiger partial charge is 0.444 e. The van der Waals surface area contributed by atoms with Gasteiger partial charge in [-0.25, -0.2) is 23.5 Å². The summed E-state index contributed by atoms with van der Waals surface area (Å²) in [7, 11) is 0. The van der Waals surface area contributed by atoms with Crippen molar-refractivity contribution in [2.75, 3.05) is 36.4 Å². The molecule has 4 aromatic rings. The van der Waals surface area contributed by atoms with Crippen LogP contribution in [0, 0.1) is 23.0 Å². The van der Waals surface area contributed by atoms with Crippen molar-refractivity contribution >= 4 is 49.4 Å². The molecule has 3 aromatic heterocycles. The zero-order chi connectivity index (χ0) is 31.6. The van der Waals surface area contributed by atoms with E-state index < -0.39 is 23.3 Å². The number of fused-ring (bicyclic) bond motifs is 4. The third-order valence-corrected chi connectivity index (χ3v) is 9.59. The number of aliphatic hydroxyl groups excluding tert-OH is 1. The molecule has 0 radical (unpaired) electrons. The van der Waals surface area contributed by atoms with Gasteiger partial charge in [-0.05, 0) is 44.7 Å². The van der Waals surface area contributed by atoms with Crippen molar-refractivity contribution in [1.29, 1.82) is 5.26 Å². The highest BCUT2D eigenvalue weighted by molar-refractivity contribution is 7.23. The van der Waals surface area contributed by atoms with E-state index in [0.29, 0.717) is 41.6 Å². The summed E-state index contributed by atoms with van der Waals surface area (Å²) in [6, 6.07) is 2.36. The third-order valence-electron chi connectivity index (χ3n) is 8.48. The zero-order valence-corrected chi connectivity index (χ0v) is 25.8. The fraction of sp³-hybridized carbons (Fsp3) is 0.452. The maximum atomic E-state index is 16.7. The van der Waals surface area contributed by atoms with Crippen LogP contribution in [-0.2, 0) is 22.7 Å². The van der Waals surface area contributed by atoms with Gasteiger partial charge in [-0.15, -0.1) is 11.3 Å². The van der Waals surface area contributed by atoms with Crippen LogP contribution in [0.5, 0.6) is 0 Å². The molecule has 3 aliphatic rings. The van der Waals surface area contributed by atoms with Crippen LogP contribution >= 0.6 is 11.3 Å². The van der Waals surface area contributed by atoms with E-state index in [1.165, 1.54) is 0 Å². The van der Waals surface area contributed by atoms with Crippen LogP contribution in [0.25, 0.3) is 32.2 Å². The number of pyridine rings is 1. The first-order valence-corrected chi connectivity index (χ1v) is 15.6. The molecule has 2 saturated heterocycles. The summed E-state index contributed by atoms with van der Waals surface area (Å²) in [6.07, 6.45) is 3.07. The number of thiophene rings is 1. The number of rotatable bonds is 4. The second kappa shape index (κ2) is 11.1. The van der Waals surface area contributed by atoms with Gasteiger partial charge in [0, 0.05) is 54.8 Å². The first-order valence-electron chi connectivity index (χ1n) is 14.8. The normalized spacial score (nSPS) is 17.8. The summed E-state index contributed by atoms with van der Waals surface area (Å²) in [5.41, 5.74) is 0.630. The lowest BCUT2D eigenvalue weighted by Crippen LogP contribution is -2.61. The van der Waals surface area contributed by atoms with Gasteiger partial charge in [-0.2, -0.15) is 5.26 Å². The van der Waals surface area contributed by atoms with Crippen LogP contribution in [-0.4, -0.2) is 75.0 Å². The number of nitrogens with zero attached hydrogens (tertiary/aromatic N) is 6. The number of ether oxygens (including phenoxy) is 2. The first-order chi connectivity index (χ1) is 21.5. The number of benzene rings is 1. The molecular weight excluding hydrogens is 604 g/mol. The predicted octanol–water partition coefficient (Wildman–Crippen LogP) is 5.08. The van der Waals surface area contributed by atoms with Gasteiger partial charge in [-0.1, -0.05) is 0 Å². The fourth-order valence-corrected chi connectivity index (χ4v) is 7.29. The maximum Gasteiger partial charge on any atom is 0.412 e. The number of hydrogen-bond donors (Lipinski definition) is 2. The molecule has 0 unspecified atom stereocenters. The Bertz CT molecular complexity index is 1890. The summed E-state index contributed by atoms with van der Waals surface area (Å²) >= 11 is 0.857. The Kier molecular flexibility index (Phi) is 7.31. The van der Waals surface area contributed by atoms with Gasteiger partial charge in [0.1, 0.15) is 22.2 Å². The molecule has 14 heteroatoms. The molecule has 0 spiro atoms. The van der Waals surface area contributed by atoms with E-state index in [1.807, 2.05) is 4.90 Å². The number of halogens is 2. The molecular formula is C31H31F2N7O4S. The predicted molar refractivity (Wildman–Crippen MR) is 164 cm³/mol. The van der Waals surface area contributed by atoms with E-state index in [0.717, 1.165) is 43.5 Å². The zero-order valence-electron chi connectivity index (χ0n) is 25.0. The Balaban J connectivity index is 1.30. The Morgan fingerprint density at radius 3 is 2.62 bits per heavy atom. The van der Waals surface area contributed by atoms with Gasteiger partial charge < -0.3 is 19.5 Å². The Labute approximate surface area is 261 Å². The fourth-order valence-electron chi connectivity index (χ4n) is 6.25. The topological polar surface area (TPSA) is 137 Å². The number of aliphatic hydroxyl groups is 1. The summed E-state index contributed by atoms with van der Waals surface area (Å²) in [5, 5.41) is 23.2. The number of carbonyl (C=O) groups excluding carboxylic acids is 1. The number of nitriles is 1. The number of piperidine rings is 1. The van der Waals surface area contributed by atoms with Crippen LogP contribution in [0.3, 0.4) is 0 Å². The van der Waals surface area contributed by atoms with Gasteiger partial charge in [0.05, 0.1) is 41.5 Å². The molecule has 2 fully saturated rings. The highest BCUT2D eigenvalue weighted by Gasteiger charge is 2.36. The first kappa shape index (κ1) is 29.7. The van der Waals surface area contributed by atoms with Crippen molar-refractivity contribution in [2.24, 2.45) is 0 Å². The second-order valence-electron chi connectivity index (χ2n) is 12.6. The average Bonchev–Trinajstić information content (AvgIpc) is 3.59. The van der Waals surface area contributed by atoms with Gasteiger partial charge in [0.15, 0.2) is 11.6 Å². The lowest BCUT2D eigenvalue weighted by Gasteiger charge is -2.47. The lowest BCUT2D eigenvalue weighted by molar-refractivity contribution is 0.0528. The highest BCUT2D eigenvalue weighted by Crippen LogP contribution is 2.46. The van der Waals surface area contributed by atoms with Crippen molar-refractivity contribution in [3.8, 4) is 17.3 Å². The van der Waals surface area contributed by atoms with Crippen LogP contribution in [0.2, 0.25) is 0 Å². The van der Waals surface area contributed by atoms with E-state index in [1.54, 1.807) is 27.0 Å². The van der Waals surface area contributed by atoms with Crippen molar-refractivity contribution in [1.82, 2.24) is 19.9 Å². The minimum Gasteiger partial charge on any atom is -0.444 e. The second-order valence-corrected chi connectivity index (χ2v) is 13.6. The molecule has 234 valence electrons. The number of amides is 1. The third kappa shape index (κ3) is 5.23. The minimum absolute atomic E-state index is 0.0461. The minimum atomic E-state index is -0.804. The van der Waals surface area contributed by atoms with E-state index in [2.05, 4.69) is 31.2 Å². The number of aromatic nitrogens is 3. The van der Waals surface area contributed by atoms with Gasteiger partial charge in [-0.3, -0.25) is 15.2 Å². The number of hydrogen-bond acceptors (Lipinski definition) is 11. The molecule has 3 aliphatic heterocycles. The number of likely N-dealkylation sites (tertiary alicyclic amines) is 1. The Morgan fingerprint density at radius 1 is 1.18 bits per heavy atom. The summed E-state index contributed by atoms with van der Waals surface area (Å²) in [6.45, 7) is 8.46. The van der Waals surface area contributed by atoms with Crippen LogP contribution in [0.15, 0.2) is 12.4 Å². The SMILES string of the molecule is CC(C)(C)OC(=O)Nc1sc2c(F)cnc(-c3c4c(c5cnc(N6CC(N7CCC(O)CC7)C6)nc5c3F)COC4)c2c1C#N. The maximum absolute atomic E-state index is 16.7. The standard InChI is InChI=1S/C31H31F2N7O4S/c1-31(2,3)44-30(42)38-28-17(8-34)23-26(35-10-21(32)27(23)45-28)22-20-14-43-13-19(20)18-9-36-29(37-25(18)24(22)33)40-11-15(12-40)39-6-4-16(41)5-7-39/h9-10,15-16,41H,4-7,11-14H2,1-3H3,(H,38,42). The molecule has 45 heavy (non-hydrogen) atoms. The monoisotopic (exact) mass is 635 g/mol. The molecule has 2 N–H and O–H groups in total. The Hall–Kier alpha value is -4.03. The molecule has 6 heterocycles. The Morgan fingerprint density at radius 2 is 1.91 bits per heavy atom. The molecule has 0 bridgehead atoms. The van der Waals surface area contributed by atoms with E-state index in [-0.39, 0.29) is 56.7 Å². The smallest absolute Gasteiger partial charge is 0.412 e. The van der Waals surface area contributed by atoms with E-state index in [4.69, 9.17) is 9.47 Å². The van der Waals surface area contributed by atoms with Crippen LogP contribution in [0.4, 0.5) is 24.5 Å². The molecule has 1 amide bonds. The van der Waals surface area contributed by atoms with Crippen molar-refractivity contribution in [3.05, 3.63) is 40.7 Å². The summed E-state index contributed by atoms with van der Waals surface area (Å²) in [5.74, 6) is -0.979. The summed E-state index contributed by atoms with van der Waals surface area (Å²) < 4.78 is 43.0. The average molecular weight is 636 g/mol. The highest BCUT2D eigenvalue weighted by atomic mass is 32.1. The van der Waals surface area contributed by atoms with Crippen LogP contribution in [0.1, 0.15) is 50.3 Å². The molecule has 0 aliphatic carbocycles. The summed E-state index contributed by atoms with van der Waals surface area (Å²) in [4.78, 5) is 30.4. The molecule has 7 rings (SSSR count).